The monoisotopic (exact) mass is 604 g/mol. The van der Waals surface area contributed by atoms with Gasteiger partial charge in [0.2, 0.25) is 0 Å². The quantitative estimate of drug-likeness (QED) is 0.249. The molecule has 0 spiro atoms. The Morgan fingerprint density at radius 2 is 1.81 bits per heavy atom. The zero-order chi connectivity index (χ0) is 29.8. The molecule has 0 saturated carbocycles. The average Bonchev–Trinajstić information content (AvgIpc) is 3.29. The molecule has 0 aliphatic carbocycles. The van der Waals surface area contributed by atoms with E-state index in [1.807, 2.05) is 54.6 Å². The molecule has 1 atom stereocenters. The number of carbonyl (C=O) groups is 1. The number of halogens is 1. The summed E-state index contributed by atoms with van der Waals surface area (Å²) in [5.41, 5.74) is 2.94. The highest BCUT2D eigenvalue weighted by Crippen LogP contribution is 2.36. The third-order valence-corrected chi connectivity index (χ3v) is 7.95. The van der Waals surface area contributed by atoms with Gasteiger partial charge in [0, 0.05) is 5.02 Å². The second-order valence-corrected chi connectivity index (χ2v) is 10.8. The highest BCUT2D eigenvalue weighted by molar-refractivity contribution is 7.07. The lowest BCUT2D eigenvalue weighted by Gasteiger charge is -2.25. The Morgan fingerprint density at radius 3 is 2.52 bits per heavy atom. The first-order chi connectivity index (χ1) is 20.3. The van der Waals surface area contributed by atoms with Gasteiger partial charge in [-0.3, -0.25) is 9.36 Å². The highest BCUT2D eigenvalue weighted by atomic mass is 35.5. The van der Waals surface area contributed by atoms with Crippen LogP contribution in [0.5, 0.6) is 17.2 Å². The van der Waals surface area contributed by atoms with Crippen molar-refractivity contribution in [3.05, 3.63) is 119 Å². The van der Waals surface area contributed by atoms with Crippen molar-refractivity contribution in [3.8, 4) is 17.2 Å². The lowest BCUT2D eigenvalue weighted by Crippen LogP contribution is -2.39. The number of allylic oxidation sites excluding steroid dienone is 1. The zero-order valence-electron chi connectivity index (χ0n) is 23.5. The first kappa shape index (κ1) is 29.2. The summed E-state index contributed by atoms with van der Waals surface area (Å²) < 4.78 is 24.3. The van der Waals surface area contributed by atoms with E-state index in [4.69, 9.17) is 30.5 Å². The second-order valence-electron chi connectivity index (χ2n) is 9.40. The van der Waals surface area contributed by atoms with E-state index >= 15 is 0 Å². The number of nitrogens with zero attached hydrogens (tertiary/aromatic N) is 2. The van der Waals surface area contributed by atoms with Crippen molar-refractivity contribution < 1.29 is 23.7 Å². The number of thiazole rings is 1. The van der Waals surface area contributed by atoms with Crippen LogP contribution in [-0.2, 0) is 16.1 Å². The van der Waals surface area contributed by atoms with Crippen molar-refractivity contribution in [2.75, 3.05) is 20.8 Å². The maximum Gasteiger partial charge on any atom is 0.338 e. The fourth-order valence-electron chi connectivity index (χ4n) is 4.72. The van der Waals surface area contributed by atoms with Crippen LogP contribution < -0.4 is 29.1 Å². The van der Waals surface area contributed by atoms with Gasteiger partial charge >= 0.3 is 5.97 Å². The minimum absolute atomic E-state index is 0.190. The van der Waals surface area contributed by atoms with E-state index in [0.717, 1.165) is 11.1 Å². The number of esters is 1. The summed E-state index contributed by atoms with van der Waals surface area (Å²) in [5, 5.41) is 0.667. The Hall–Kier alpha value is -4.34. The Kier molecular flexibility index (Phi) is 8.80. The molecule has 0 fully saturated rings. The van der Waals surface area contributed by atoms with Gasteiger partial charge in [0.05, 0.1) is 42.7 Å². The van der Waals surface area contributed by atoms with Crippen LogP contribution >= 0.6 is 22.9 Å². The molecule has 0 radical (unpaired) electrons. The van der Waals surface area contributed by atoms with Crippen molar-refractivity contribution in [2.24, 2.45) is 4.99 Å². The van der Waals surface area contributed by atoms with E-state index in [2.05, 4.69) is 4.99 Å². The molecule has 5 rings (SSSR count). The maximum absolute atomic E-state index is 13.9. The van der Waals surface area contributed by atoms with Crippen molar-refractivity contribution in [1.82, 2.24) is 4.57 Å². The maximum atomic E-state index is 13.9. The molecule has 0 amide bonds. The predicted molar refractivity (Wildman–Crippen MR) is 162 cm³/mol. The normalized spacial score (nSPS) is 14.7. The van der Waals surface area contributed by atoms with E-state index < -0.39 is 12.0 Å². The number of methoxy groups -OCH3 is 2. The first-order valence-electron chi connectivity index (χ1n) is 13.2. The highest BCUT2D eigenvalue weighted by Gasteiger charge is 2.34. The van der Waals surface area contributed by atoms with Crippen LogP contribution in [-0.4, -0.2) is 31.4 Å². The Labute approximate surface area is 251 Å². The van der Waals surface area contributed by atoms with Gasteiger partial charge in [0.25, 0.3) is 5.56 Å². The van der Waals surface area contributed by atoms with Gasteiger partial charge in [0.15, 0.2) is 16.3 Å². The molecule has 1 aliphatic heterocycles. The summed E-state index contributed by atoms with van der Waals surface area (Å²) in [6.07, 6.45) is 1.80. The molecule has 4 aromatic rings. The molecule has 8 nitrogen and oxygen atoms in total. The fraction of sp³-hybridized carbons (Fsp3) is 0.219. The Morgan fingerprint density at radius 1 is 1.05 bits per heavy atom. The molecular weight excluding hydrogens is 576 g/mol. The van der Waals surface area contributed by atoms with E-state index in [0.29, 0.717) is 55.0 Å². The van der Waals surface area contributed by atoms with E-state index in [-0.39, 0.29) is 12.2 Å². The van der Waals surface area contributed by atoms with Crippen LogP contribution in [0.15, 0.2) is 87.8 Å². The van der Waals surface area contributed by atoms with Crippen LogP contribution in [0.25, 0.3) is 6.08 Å². The first-order valence-corrected chi connectivity index (χ1v) is 14.4. The van der Waals surface area contributed by atoms with Crippen LogP contribution in [0.1, 0.15) is 36.6 Å². The lowest BCUT2D eigenvalue weighted by molar-refractivity contribution is -0.139. The van der Waals surface area contributed by atoms with Crippen molar-refractivity contribution in [2.45, 2.75) is 26.5 Å². The summed E-state index contributed by atoms with van der Waals surface area (Å²) in [7, 11) is 3.08. The average molecular weight is 605 g/mol. The number of rotatable bonds is 9. The van der Waals surface area contributed by atoms with Gasteiger partial charge in [-0.15, -0.1) is 0 Å². The van der Waals surface area contributed by atoms with Crippen LogP contribution in [0.3, 0.4) is 0 Å². The lowest BCUT2D eigenvalue weighted by atomic mass is 9.95. The number of hydrogen-bond donors (Lipinski definition) is 0. The van der Waals surface area contributed by atoms with Crippen molar-refractivity contribution in [1.29, 1.82) is 0 Å². The van der Waals surface area contributed by atoms with E-state index in [9.17, 15) is 9.59 Å². The molecule has 1 aromatic heterocycles. The zero-order valence-corrected chi connectivity index (χ0v) is 25.1. The van der Waals surface area contributed by atoms with Gasteiger partial charge in [-0.2, -0.15) is 0 Å². The number of hydrogen-bond acceptors (Lipinski definition) is 8. The third kappa shape index (κ3) is 5.98. The summed E-state index contributed by atoms with van der Waals surface area (Å²) in [4.78, 5) is 32.2. The Balaban J connectivity index is 1.56. The van der Waals surface area contributed by atoms with Crippen LogP contribution in [0.2, 0.25) is 5.02 Å². The van der Waals surface area contributed by atoms with Gasteiger partial charge in [0.1, 0.15) is 12.4 Å². The third-order valence-electron chi connectivity index (χ3n) is 6.71. The topological polar surface area (TPSA) is 88.4 Å². The summed E-state index contributed by atoms with van der Waals surface area (Å²) >= 11 is 7.23. The number of fused-ring (bicyclic) bond motifs is 1. The second kappa shape index (κ2) is 12.7. The van der Waals surface area contributed by atoms with E-state index in [1.165, 1.54) is 23.0 Å². The van der Waals surface area contributed by atoms with Crippen LogP contribution in [0.4, 0.5) is 0 Å². The van der Waals surface area contributed by atoms with Gasteiger partial charge in [-0.1, -0.05) is 53.3 Å². The van der Waals surface area contributed by atoms with Gasteiger partial charge in [-0.25, -0.2) is 9.79 Å². The number of benzene rings is 3. The molecule has 216 valence electrons. The molecule has 10 heteroatoms. The molecule has 3 aromatic carbocycles. The number of ether oxygens (including phenoxy) is 4. The summed E-state index contributed by atoms with van der Waals surface area (Å²) in [6.45, 7) is 4.06. The van der Waals surface area contributed by atoms with Gasteiger partial charge in [-0.05, 0) is 73.0 Å². The Bertz CT molecular complexity index is 1840. The number of carbonyl (C=O) groups excluding carboxylic acids is 1. The van der Waals surface area contributed by atoms with Crippen molar-refractivity contribution in [3.63, 3.8) is 0 Å². The molecule has 42 heavy (non-hydrogen) atoms. The molecular formula is C32H29ClN2O6S. The minimum Gasteiger partial charge on any atom is -0.493 e. The molecule has 0 N–H and O–H groups in total. The molecule has 0 bridgehead atoms. The summed E-state index contributed by atoms with van der Waals surface area (Å²) in [6, 6.07) is 19.5. The van der Waals surface area contributed by atoms with Crippen molar-refractivity contribution >= 4 is 35.0 Å². The smallest absolute Gasteiger partial charge is 0.338 e. The molecule has 1 aliphatic rings. The van der Waals surface area contributed by atoms with Gasteiger partial charge < -0.3 is 18.9 Å². The molecule has 2 heterocycles. The number of aromatic nitrogens is 1. The largest absolute Gasteiger partial charge is 0.493 e. The predicted octanol–water partition coefficient (Wildman–Crippen LogP) is 5.05. The molecule has 0 unspecified atom stereocenters. The summed E-state index contributed by atoms with van der Waals surface area (Å²) in [5.74, 6) is 1.14. The minimum atomic E-state index is -0.767. The standard InChI is InChI=1S/C32H29ClN2O6S/c1-5-40-31(37)28-19(2)34-32-35(29(28)22-11-14-25(38-3)26(17-22)39-4)30(36)27(42-32)16-21-7-6-8-24(15-21)41-18-20-9-12-23(33)13-10-20/h6-17,29H,5,18H2,1-4H3/b27-16-/t29-/m1/s1. The molecule has 0 saturated heterocycles. The fourth-order valence-corrected chi connectivity index (χ4v) is 5.90. The SMILES string of the molecule is CCOC(=O)C1=C(C)N=c2s/c(=C\c3cccc(OCc4ccc(Cl)cc4)c3)c(=O)n2[C@@H]1c1ccc(OC)c(OC)c1. The van der Waals surface area contributed by atoms with Crippen LogP contribution in [0, 0.1) is 0 Å². The van der Waals surface area contributed by atoms with E-state index in [1.54, 1.807) is 39.2 Å².